The molecular weight excluding hydrogens is 237 g/mol. The predicted octanol–water partition coefficient (Wildman–Crippen LogP) is 1.28. The highest BCUT2D eigenvalue weighted by Crippen LogP contribution is 2.32. The van der Waals surface area contributed by atoms with Gasteiger partial charge in [-0.3, -0.25) is 0 Å². The van der Waals surface area contributed by atoms with Crippen LogP contribution in [0.15, 0.2) is 11.3 Å². The number of aliphatic hydroxyl groups excluding tert-OH is 1. The van der Waals surface area contributed by atoms with Gasteiger partial charge in [-0.25, -0.2) is 0 Å². The standard InChI is InChI=1S/C7H9F3O4S/c8-7(9,10)15(12,13)14-6-3-1-2-5(6)4-11/h11H,1-4H2. The van der Waals surface area contributed by atoms with Crippen molar-refractivity contribution in [3.8, 4) is 0 Å². The Morgan fingerprint density at radius 1 is 1.33 bits per heavy atom. The number of aliphatic hydroxyl groups is 1. The van der Waals surface area contributed by atoms with Gasteiger partial charge < -0.3 is 9.29 Å². The van der Waals surface area contributed by atoms with Crippen molar-refractivity contribution in [2.75, 3.05) is 6.61 Å². The minimum atomic E-state index is -5.59. The van der Waals surface area contributed by atoms with Crippen molar-refractivity contribution in [2.45, 2.75) is 24.8 Å². The normalized spacial score (nSPS) is 18.4. The monoisotopic (exact) mass is 246 g/mol. The van der Waals surface area contributed by atoms with Crippen LogP contribution in [0.5, 0.6) is 0 Å². The van der Waals surface area contributed by atoms with E-state index in [4.69, 9.17) is 5.11 Å². The summed E-state index contributed by atoms with van der Waals surface area (Å²) in [4.78, 5) is 0. The number of allylic oxidation sites excluding steroid dienone is 1. The summed E-state index contributed by atoms with van der Waals surface area (Å²) in [6, 6.07) is 0. The second kappa shape index (κ2) is 4.01. The van der Waals surface area contributed by atoms with E-state index in [1.54, 1.807) is 0 Å². The third-order valence-corrected chi connectivity index (χ3v) is 2.95. The highest BCUT2D eigenvalue weighted by molar-refractivity contribution is 7.87. The second-order valence-corrected chi connectivity index (χ2v) is 4.56. The topological polar surface area (TPSA) is 63.6 Å². The van der Waals surface area contributed by atoms with Gasteiger partial charge in [0.15, 0.2) is 0 Å². The minimum Gasteiger partial charge on any atom is -0.392 e. The van der Waals surface area contributed by atoms with Crippen LogP contribution in [-0.2, 0) is 14.3 Å². The van der Waals surface area contributed by atoms with Crippen LogP contribution in [0.25, 0.3) is 0 Å². The van der Waals surface area contributed by atoms with Gasteiger partial charge in [-0.15, -0.1) is 0 Å². The van der Waals surface area contributed by atoms with E-state index in [1.165, 1.54) is 0 Å². The Labute approximate surface area is 84.5 Å². The Hall–Kier alpha value is -0.760. The lowest BCUT2D eigenvalue weighted by atomic mass is 10.2. The van der Waals surface area contributed by atoms with Gasteiger partial charge >= 0.3 is 15.6 Å². The molecule has 8 heteroatoms. The first-order valence-corrected chi connectivity index (χ1v) is 5.51. The summed E-state index contributed by atoms with van der Waals surface area (Å²) in [6.07, 6.45) is 0.947. The SMILES string of the molecule is O=S(=O)(OC1=C(CO)CCC1)C(F)(F)F. The summed E-state index contributed by atoms with van der Waals surface area (Å²) >= 11 is 0. The van der Waals surface area contributed by atoms with Gasteiger partial charge in [0.1, 0.15) is 5.76 Å². The number of alkyl halides is 3. The number of halogens is 3. The Morgan fingerprint density at radius 2 is 1.93 bits per heavy atom. The molecule has 0 unspecified atom stereocenters. The van der Waals surface area contributed by atoms with Gasteiger partial charge in [-0.05, 0) is 18.4 Å². The molecule has 0 aromatic rings. The first-order valence-electron chi connectivity index (χ1n) is 4.10. The first-order chi connectivity index (χ1) is 6.78. The summed E-state index contributed by atoms with van der Waals surface area (Å²) in [5.41, 5.74) is -5.22. The summed E-state index contributed by atoms with van der Waals surface area (Å²) in [7, 11) is -5.59. The Balaban J connectivity index is 2.88. The molecule has 0 spiro atoms. The van der Waals surface area contributed by atoms with Crippen molar-refractivity contribution < 1.29 is 30.9 Å². The second-order valence-electron chi connectivity index (χ2n) is 3.02. The molecule has 0 heterocycles. The highest BCUT2D eigenvalue weighted by atomic mass is 32.2. The molecule has 1 N–H and O–H groups in total. The van der Waals surface area contributed by atoms with Crippen LogP contribution in [0.4, 0.5) is 13.2 Å². The van der Waals surface area contributed by atoms with Crippen LogP contribution in [0.1, 0.15) is 19.3 Å². The Bertz CT molecular complexity index is 368. The predicted molar refractivity (Wildman–Crippen MR) is 44.0 cm³/mol. The van der Waals surface area contributed by atoms with E-state index < -0.39 is 22.2 Å². The summed E-state index contributed by atoms with van der Waals surface area (Å²) < 4.78 is 60.9. The van der Waals surface area contributed by atoms with Gasteiger partial charge in [0.25, 0.3) is 0 Å². The molecule has 1 aliphatic rings. The van der Waals surface area contributed by atoms with Crippen LogP contribution in [-0.4, -0.2) is 25.6 Å². The van der Waals surface area contributed by atoms with E-state index in [0.29, 0.717) is 12.8 Å². The van der Waals surface area contributed by atoms with Gasteiger partial charge in [0.2, 0.25) is 0 Å². The molecule has 0 atom stereocenters. The highest BCUT2D eigenvalue weighted by Gasteiger charge is 2.49. The molecule has 1 rings (SSSR count). The Kier molecular flexibility index (Phi) is 3.29. The van der Waals surface area contributed by atoms with Crippen molar-refractivity contribution in [3.05, 3.63) is 11.3 Å². The van der Waals surface area contributed by atoms with Gasteiger partial charge in [0, 0.05) is 6.42 Å². The lowest BCUT2D eigenvalue weighted by Crippen LogP contribution is -2.25. The number of hydrogen-bond acceptors (Lipinski definition) is 4. The molecule has 1 aliphatic carbocycles. The average molecular weight is 246 g/mol. The summed E-state index contributed by atoms with van der Waals surface area (Å²) in [5, 5.41) is 8.72. The fourth-order valence-electron chi connectivity index (χ4n) is 1.23. The molecule has 15 heavy (non-hydrogen) atoms. The van der Waals surface area contributed by atoms with Crippen molar-refractivity contribution in [1.29, 1.82) is 0 Å². The molecule has 0 bridgehead atoms. The molecule has 0 amide bonds. The van der Waals surface area contributed by atoms with Crippen LogP contribution in [0.3, 0.4) is 0 Å². The molecule has 88 valence electrons. The molecule has 0 aromatic heterocycles. The van der Waals surface area contributed by atoms with Crippen molar-refractivity contribution >= 4 is 10.1 Å². The lowest BCUT2D eigenvalue weighted by molar-refractivity contribution is -0.0523. The van der Waals surface area contributed by atoms with E-state index in [0.717, 1.165) is 0 Å². The van der Waals surface area contributed by atoms with Crippen molar-refractivity contribution in [3.63, 3.8) is 0 Å². The molecule has 0 aromatic carbocycles. The van der Waals surface area contributed by atoms with Crippen LogP contribution in [0.2, 0.25) is 0 Å². The molecular formula is C7H9F3O4S. The van der Waals surface area contributed by atoms with E-state index in [9.17, 15) is 21.6 Å². The molecule has 0 aliphatic heterocycles. The minimum absolute atomic E-state index is 0.102. The molecule has 0 fully saturated rings. The van der Waals surface area contributed by atoms with Crippen molar-refractivity contribution in [2.24, 2.45) is 0 Å². The van der Waals surface area contributed by atoms with E-state index in [1.807, 2.05) is 0 Å². The van der Waals surface area contributed by atoms with E-state index in [-0.39, 0.29) is 17.8 Å². The first kappa shape index (κ1) is 12.3. The van der Waals surface area contributed by atoms with Crippen LogP contribution < -0.4 is 0 Å². The van der Waals surface area contributed by atoms with Gasteiger partial charge in [0.05, 0.1) is 6.61 Å². The fraction of sp³-hybridized carbons (Fsp3) is 0.714. The third-order valence-electron chi connectivity index (χ3n) is 1.96. The molecule has 0 saturated heterocycles. The Morgan fingerprint density at radius 3 is 2.40 bits per heavy atom. The molecule has 0 saturated carbocycles. The third kappa shape index (κ3) is 2.63. The maximum atomic E-state index is 11.9. The number of hydrogen-bond donors (Lipinski definition) is 1. The quantitative estimate of drug-likeness (QED) is 0.602. The van der Waals surface area contributed by atoms with E-state index >= 15 is 0 Å². The zero-order valence-electron chi connectivity index (χ0n) is 7.54. The van der Waals surface area contributed by atoms with Gasteiger partial charge in [-0.1, -0.05) is 0 Å². The summed E-state index contributed by atoms with van der Waals surface area (Å²) in [6.45, 7) is -0.483. The summed E-state index contributed by atoms with van der Waals surface area (Å²) in [5.74, 6) is -0.283. The van der Waals surface area contributed by atoms with Crippen molar-refractivity contribution in [1.82, 2.24) is 0 Å². The molecule has 4 nitrogen and oxygen atoms in total. The van der Waals surface area contributed by atoms with Crippen LogP contribution >= 0.6 is 0 Å². The maximum absolute atomic E-state index is 11.9. The zero-order valence-corrected chi connectivity index (χ0v) is 8.36. The zero-order chi connectivity index (χ0) is 11.7. The largest absolute Gasteiger partial charge is 0.534 e. The smallest absolute Gasteiger partial charge is 0.392 e. The number of rotatable bonds is 3. The lowest BCUT2D eigenvalue weighted by Gasteiger charge is -2.11. The molecule has 0 radical (unpaired) electrons. The van der Waals surface area contributed by atoms with E-state index in [2.05, 4.69) is 4.18 Å². The van der Waals surface area contributed by atoms with Crippen LogP contribution in [0, 0.1) is 0 Å². The fourth-order valence-corrected chi connectivity index (χ4v) is 1.79. The maximum Gasteiger partial charge on any atom is 0.534 e. The average Bonchev–Trinajstić information content (AvgIpc) is 2.48. The van der Waals surface area contributed by atoms with Gasteiger partial charge in [-0.2, -0.15) is 21.6 Å².